The van der Waals surface area contributed by atoms with Crippen LogP contribution >= 0.6 is 23.2 Å². The van der Waals surface area contributed by atoms with Gasteiger partial charge in [0.1, 0.15) is 0 Å². The first-order valence-electron chi connectivity index (χ1n) is 5.64. The van der Waals surface area contributed by atoms with E-state index in [1.165, 1.54) is 0 Å². The van der Waals surface area contributed by atoms with E-state index >= 15 is 0 Å². The van der Waals surface area contributed by atoms with Crippen LogP contribution in [0, 0.1) is 0 Å². The van der Waals surface area contributed by atoms with Crippen LogP contribution in [0.5, 0.6) is 0 Å². The van der Waals surface area contributed by atoms with Gasteiger partial charge in [0.25, 0.3) is 5.91 Å². The average Bonchev–Trinajstić information content (AvgIpc) is 2.37. The van der Waals surface area contributed by atoms with Gasteiger partial charge < -0.3 is 11.1 Å². The molecule has 0 bridgehead atoms. The maximum absolute atomic E-state index is 12.0. The van der Waals surface area contributed by atoms with Crippen molar-refractivity contribution in [1.29, 1.82) is 0 Å². The molecule has 0 heterocycles. The van der Waals surface area contributed by atoms with Gasteiger partial charge in [0.2, 0.25) is 0 Å². The van der Waals surface area contributed by atoms with E-state index in [9.17, 15) is 4.79 Å². The molecule has 0 unspecified atom stereocenters. The highest BCUT2D eigenvalue weighted by Crippen LogP contribution is 2.19. The fourth-order valence-electron chi connectivity index (χ4n) is 1.63. The quantitative estimate of drug-likeness (QED) is 0.851. The first-order valence-corrected chi connectivity index (χ1v) is 6.40. The van der Waals surface area contributed by atoms with Gasteiger partial charge in [-0.15, -0.1) is 0 Å². The van der Waals surface area contributed by atoms with Crippen LogP contribution in [-0.4, -0.2) is 5.91 Å². The minimum Gasteiger partial charge on any atom is -0.399 e. The summed E-state index contributed by atoms with van der Waals surface area (Å²) < 4.78 is 0. The molecule has 0 spiro atoms. The van der Waals surface area contributed by atoms with Crippen LogP contribution in [-0.2, 0) is 6.54 Å². The first kappa shape index (κ1) is 13.7. The Labute approximate surface area is 121 Å². The van der Waals surface area contributed by atoms with Crippen molar-refractivity contribution in [3.8, 4) is 0 Å². The Morgan fingerprint density at radius 3 is 2.53 bits per heavy atom. The van der Waals surface area contributed by atoms with E-state index in [1.54, 1.807) is 24.3 Å². The molecule has 5 heteroatoms. The number of nitrogen functional groups attached to an aromatic ring is 1. The molecular formula is C14H12Cl2N2O. The van der Waals surface area contributed by atoms with Gasteiger partial charge in [-0.05, 0) is 29.8 Å². The van der Waals surface area contributed by atoms with Gasteiger partial charge in [0.15, 0.2) is 0 Å². The van der Waals surface area contributed by atoms with E-state index in [2.05, 4.69) is 5.32 Å². The van der Waals surface area contributed by atoms with E-state index in [-0.39, 0.29) is 5.91 Å². The van der Waals surface area contributed by atoms with Crippen LogP contribution in [0.25, 0.3) is 0 Å². The smallest absolute Gasteiger partial charge is 0.253 e. The van der Waals surface area contributed by atoms with E-state index in [0.717, 1.165) is 5.56 Å². The lowest BCUT2D eigenvalue weighted by molar-refractivity contribution is 0.0951. The van der Waals surface area contributed by atoms with Crippen LogP contribution in [0.2, 0.25) is 10.0 Å². The number of hydrogen-bond donors (Lipinski definition) is 2. The third-order valence-corrected chi connectivity index (χ3v) is 3.32. The largest absolute Gasteiger partial charge is 0.399 e. The second kappa shape index (κ2) is 5.95. The molecule has 3 nitrogen and oxygen atoms in total. The number of halogens is 2. The summed E-state index contributed by atoms with van der Waals surface area (Å²) in [5, 5.41) is 3.71. The van der Waals surface area contributed by atoms with Gasteiger partial charge in [0, 0.05) is 17.3 Å². The predicted molar refractivity (Wildman–Crippen MR) is 78.5 cm³/mol. The van der Waals surface area contributed by atoms with Gasteiger partial charge in [0.05, 0.1) is 10.6 Å². The summed E-state index contributed by atoms with van der Waals surface area (Å²) in [5.74, 6) is -0.259. The summed E-state index contributed by atoms with van der Waals surface area (Å²) >= 11 is 12.0. The summed E-state index contributed by atoms with van der Waals surface area (Å²) in [7, 11) is 0. The van der Waals surface area contributed by atoms with Gasteiger partial charge in [-0.2, -0.15) is 0 Å². The molecule has 2 aromatic carbocycles. The highest BCUT2D eigenvalue weighted by Gasteiger charge is 2.10. The summed E-state index contributed by atoms with van der Waals surface area (Å²) in [6, 6.07) is 12.1. The number of amides is 1. The number of nitrogens with one attached hydrogen (secondary N) is 1. The van der Waals surface area contributed by atoms with E-state index in [4.69, 9.17) is 28.9 Å². The monoisotopic (exact) mass is 294 g/mol. The maximum Gasteiger partial charge on any atom is 0.253 e. The van der Waals surface area contributed by atoms with Gasteiger partial charge in [-0.25, -0.2) is 0 Å². The van der Waals surface area contributed by atoms with Crippen molar-refractivity contribution in [2.75, 3.05) is 5.73 Å². The highest BCUT2D eigenvalue weighted by molar-refractivity contribution is 6.34. The fraction of sp³-hybridized carbons (Fsp3) is 0.0714. The van der Waals surface area contributed by atoms with Crippen molar-refractivity contribution in [3.05, 3.63) is 63.6 Å². The summed E-state index contributed by atoms with van der Waals surface area (Å²) in [4.78, 5) is 12.0. The molecule has 0 aliphatic rings. The van der Waals surface area contributed by atoms with Crippen LogP contribution < -0.4 is 11.1 Å². The number of rotatable bonds is 3. The van der Waals surface area contributed by atoms with Crippen LogP contribution in [0.4, 0.5) is 5.69 Å². The fourth-order valence-corrected chi connectivity index (χ4v) is 2.11. The molecule has 0 saturated carbocycles. The zero-order valence-corrected chi connectivity index (χ0v) is 11.5. The Bertz CT molecular complexity index is 614. The minimum atomic E-state index is -0.259. The number of carbonyl (C=O) groups excluding carboxylic acids is 1. The maximum atomic E-state index is 12.0. The normalized spacial score (nSPS) is 10.2. The van der Waals surface area contributed by atoms with E-state index in [0.29, 0.717) is 27.8 Å². The third kappa shape index (κ3) is 3.40. The Balaban J connectivity index is 2.08. The Hall–Kier alpha value is -1.71. The number of carbonyl (C=O) groups is 1. The molecule has 0 fully saturated rings. The Morgan fingerprint density at radius 1 is 1.11 bits per heavy atom. The van der Waals surface area contributed by atoms with Crippen molar-refractivity contribution < 1.29 is 4.79 Å². The first-order chi connectivity index (χ1) is 9.08. The van der Waals surface area contributed by atoms with Crippen molar-refractivity contribution in [2.24, 2.45) is 0 Å². The summed E-state index contributed by atoms with van der Waals surface area (Å²) in [6.07, 6.45) is 0. The molecule has 0 saturated heterocycles. The predicted octanol–water partition coefficient (Wildman–Crippen LogP) is 3.51. The average molecular weight is 295 g/mol. The second-order valence-corrected chi connectivity index (χ2v) is 4.83. The lowest BCUT2D eigenvalue weighted by Crippen LogP contribution is -2.23. The Morgan fingerprint density at radius 2 is 1.84 bits per heavy atom. The molecule has 19 heavy (non-hydrogen) atoms. The van der Waals surface area contributed by atoms with Crippen LogP contribution in [0.3, 0.4) is 0 Å². The topological polar surface area (TPSA) is 55.1 Å². The van der Waals surface area contributed by atoms with Gasteiger partial charge >= 0.3 is 0 Å². The molecule has 3 N–H and O–H groups in total. The van der Waals surface area contributed by atoms with Crippen molar-refractivity contribution in [2.45, 2.75) is 6.54 Å². The SMILES string of the molecule is Nc1ccc(C(=O)NCc2ccccc2Cl)c(Cl)c1. The molecule has 0 aliphatic heterocycles. The molecule has 2 rings (SSSR count). The van der Waals surface area contributed by atoms with Gasteiger partial charge in [-0.1, -0.05) is 41.4 Å². The molecule has 0 aliphatic carbocycles. The van der Waals surface area contributed by atoms with Crippen LogP contribution in [0.1, 0.15) is 15.9 Å². The zero-order valence-electron chi connectivity index (χ0n) is 9.99. The number of hydrogen-bond acceptors (Lipinski definition) is 2. The van der Waals surface area contributed by atoms with Crippen molar-refractivity contribution >= 4 is 34.8 Å². The summed E-state index contributed by atoms with van der Waals surface area (Å²) in [5.41, 5.74) is 7.34. The zero-order chi connectivity index (χ0) is 13.8. The lowest BCUT2D eigenvalue weighted by atomic mass is 10.1. The molecule has 0 aromatic heterocycles. The standard InChI is InChI=1S/C14H12Cl2N2O/c15-12-4-2-1-3-9(12)8-18-14(19)11-6-5-10(17)7-13(11)16/h1-7H,8,17H2,(H,18,19). The second-order valence-electron chi connectivity index (χ2n) is 4.01. The number of anilines is 1. The van der Waals surface area contributed by atoms with Crippen molar-refractivity contribution in [1.82, 2.24) is 5.32 Å². The molecule has 0 atom stereocenters. The molecular weight excluding hydrogens is 283 g/mol. The highest BCUT2D eigenvalue weighted by atomic mass is 35.5. The lowest BCUT2D eigenvalue weighted by Gasteiger charge is -2.08. The number of nitrogens with two attached hydrogens (primary N) is 1. The molecule has 2 aromatic rings. The molecule has 0 radical (unpaired) electrons. The number of benzene rings is 2. The summed E-state index contributed by atoms with van der Waals surface area (Å²) in [6.45, 7) is 0.346. The van der Waals surface area contributed by atoms with Crippen molar-refractivity contribution in [3.63, 3.8) is 0 Å². The minimum absolute atomic E-state index is 0.259. The Kier molecular flexibility index (Phi) is 4.30. The molecule has 1 amide bonds. The van der Waals surface area contributed by atoms with E-state index < -0.39 is 0 Å². The third-order valence-electron chi connectivity index (χ3n) is 2.64. The van der Waals surface area contributed by atoms with Crippen LogP contribution in [0.15, 0.2) is 42.5 Å². The molecule has 98 valence electrons. The van der Waals surface area contributed by atoms with Gasteiger partial charge in [-0.3, -0.25) is 4.79 Å². The van der Waals surface area contributed by atoms with E-state index in [1.807, 2.05) is 18.2 Å².